The number of pyridine rings is 1. The van der Waals surface area contributed by atoms with Crippen LogP contribution in [0.15, 0.2) is 30.9 Å². The van der Waals surface area contributed by atoms with Gasteiger partial charge in [0.25, 0.3) is 0 Å². The van der Waals surface area contributed by atoms with Gasteiger partial charge in [-0.05, 0) is 38.4 Å². The zero-order chi connectivity index (χ0) is 16.4. The molecule has 2 aliphatic rings. The standard InChI is InChI=1S/C18H24N4O2/c1-14-17(21-13-20-14)10-22-7-3-5-18(12-22)8-16(11-23-18)24-15-4-2-6-19-9-15/h2,4,6,9,13,16H,3,5,7-8,10-12H2,1H3,(H,20,21). The Kier molecular flexibility index (Phi) is 4.24. The number of aromatic nitrogens is 3. The molecular weight excluding hydrogens is 304 g/mol. The van der Waals surface area contributed by atoms with Crippen LogP contribution < -0.4 is 4.74 Å². The first-order valence-electron chi connectivity index (χ1n) is 8.64. The SMILES string of the molecule is Cc1[nH]cnc1CN1CCCC2(CC(Oc3cccnc3)CO2)C1. The smallest absolute Gasteiger partial charge is 0.138 e. The van der Waals surface area contributed by atoms with Gasteiger partial charge in [0, 0.05) is 31.4 Å². The number of aromatic amines is 1. The highest BCUT2D eigenvalue weighted by atomic mass is 16.6. The topological polar surface area (TPSA) is 63.3 Å². The largest absolute Gasteiger partial charge is 0.486 e. The van der Waals surface area contributed by atoms with Crippen molar-refractivity contribution in [1.29, 1.82) is 0 Å². The molecule has 2 fully saturated rings. The number of likely N-dealkylation sites (tertiary alicyclic amines) is 1. The minimum Gasteiger partial charge on any atom is -0.486 e. The lowest BCUT2D eigenvalue weighted by Gasteiger charge is -2.39. The highest BCUT2D eigenvalue weighted by Crippen LogP contribution is 2.36. The Bertz CT molecular complexity index is 675. The second-order valence-electron chi connectivity index (χ2n) is 6.92. The molecule has 2 atom stereocenters. The summed E-state index contributed by atoms with van der Waals surface area (Å²) in [6.45, 7) is 5.67. The van der Waals surface area contributed by atoms with Crippen molar-refractivity contribution >= 4 is 0 Å². The molecule has 6 nitrogen and oxygen atoms in total. The zero-order valence-electron chi connectivity index (χ0n) is 14.1. The summed E-state index contributed by atoms with van der Waals surface area (Å²) in [6, 6.07) is 3.85. The average Bonchev–Trinajstić information content (AvgIpc) is 3.16. The molecule has 4 heterocycles. The fraction of sp³-hybridized carbons (Fsp3) is 0.556. The van der Waals surface area contributed by atoms with Crippen molar-refractivity contribution in [2.45, 2.75) is 44.4 Å². The van der Waals surface area contributed by atoms with Gasteiger partial charge in [-0.3, -0.25) is 9.88 Å². The molecule has 2 aromatic rings. The number of imidazole rings is 1. The second-order valence-corrected chi connectivity index (χ2v) is 6.92. The maximum Gasteiger partial charge on any atom is 0.138 e. The molecule has 0 amide bonds. The van der Waals surface area contributed by atoms with Crippen molar-refractivity contribution in [3.63, 3.8) is 0 Å². The molecule has 6 heteroatoms. The van der Waals surface area contributed by atoms with E-state index in [9.17, 15) is 0 Å². The molecule has 1 N–H and O–H groups in total. The van der Waals surface area contributed by atoms with E-state index in [0.29, 0.717) is 6.61 Å². The molecule has 0 aromatic carbocycles. The summed E-state index contributed by atoms with van der Waals surface area (Å²) in [4.78, 5) is 14.2. The molecule has 2 unspecified atom stereocenters. The third-order valence-corrected chi connectivity index (χ3v) is 5.04. The number of nitrogens with one attached hydrogen (secondary N) is 1. The number of H-pyrrole nitrogens is 1. The summed E-state index contributed by atoms with van der Waals surface area (Å²) >= 11 is 0. The van der Waals surface area contributed by atoms with Crippen LogP contribution in [0.3, 0.4) is 0 Å². The summed E-state index contributed by atoms with van der Waals surface area (Å²) in [7, 11) is 0. The number of aryl methyl sites for hydroxylation is 1. The Morgan fingerprint density at radius 3 is 3.25 bits per heavy atom. The number of nitrogens with zero attached hydrogens (tertiary/aromatic N) is 3. The molecule has 1 spiro atoms. The molecule has 0 aliphatic carbocycles. The van der Waals surface area contributed by atoms with E-state index in [4.69, 9.17) is 9.47 Å². The number of piperidine rings is 1. The van der Waals surface area contributed by atoms with E-state index >= 15 is 0 Å². The van der Waals surface area contributed by atoms with Crippen molar-refractivity contribution < 1.29 is 9.47 Å². The van der Waals surface area contributed by atoms with Gasteiger partial charge in [0.1, 0.15) is 11.9 Å². The predicted molar refractivity (Wildman–Crippen MR) is 89.8 cm³/mol. The zero-order valence-corrected chi connectivity index (χ0v) is 14.1. The minimum atomic E-state index is -0.0741. The fourth-order valence-corrected chi connectivity index (χ4v) is 3.86. The van der Waals surface area contributed by atoms with Crippen LogP contribution in [-0.4, -0.2) is 51.3 Å². The van der Waals surface area contributed by atoms with Crippen LogP contribution in [0.4, 0.5) is 0 Å². The predicted octanol–water partition coefficient (Wildman–Crippen LogP) is 2.32. The Morgan fingerprint density at radius 2 is 2.46 bits per heavy atom. The molecule has 2 saturated heterocycles. The van der Waals surface area contributed by atoms with Crippen molar-refractivity contribution in [3.05, 3.63) is 42.2 Å². The van der Waals surface area contributed by atoms with Crippen molar-refractivity contribution in [2.75, 3.05) is 19.7 Å². The van der Waals surface area contributed by atoms with E-state index in [1.54, 1.807) is 18.7 Å². The van der Waals surface area contributed by atoms with Gasteiger partial charge in [-0.2, -0.15) is 0 Å². The van der Waals surface area contributed by atoms with Crippen LogP contribution >= 0.6 is 0 Å². The van der Waals surface area contributed by atoms with Crippen LogP contribution in [0.5, 0.6) is 5.75 Å². The molecule has 0 radical (unpaired) electrons. The third-order valence-electron chi connectivity index (χ3n) is 5.04. The monoisotopic (exact) mass is 328 g/mol. The van der Waals surface area contributed by atoms with Gasteiger partial charge in [-0.25, -0.2) is 4.98 Å². The first-order chi connectivity index (χ1) is 11.7. The summed E-state index contributed by atoms with van der Waals surface area (Å²) in [5.74, 6) is 0.822. The third kappa shape index (κ3) is 3.30. The minimum absolute atomic E-state index is 0.0741. The summed E-state index contributed by atoms with van der Waals surface area (Å²) < 4.78 is 12.3. The van der Waals surface area contributed by atoms with Gasteiger partial charge in [-0.1, -0.05) is 0 Å². The van der Waals surface area contributed by atoms with Crippen LogP contribution in [-0.2, 0) is 11.3 Å². The van der Waals surface area contributed by atoms with E-state index < -0.39 is 0 Å². The molecule has 0 bridgehead atoms. The summed E-state index contributed by atoms with van der Waals surface area (Å²) in [6.07, 6.45) is 8.61. The first kappa shape index (κ1) is 15.6. The second kappa shape index (κ2) is 6.53. The lowest BCUT2D eigenvalue weighted by atomic mass is 9.89. The lowest BCUT2D eigenvalue weighted by Crippen LogP contribution is -2.47. The molecule has 2 aromatic heterocycles. The Labute approximate surface area is 142 Å². The van der Waals surface area contributed by atoms with Crippen LogP contribution in [0.1, 0.15) is 30.7 Å². The number of hydrogen-bond donors (Lipinski definition) is 1. The number of rotatable bonds is 4. The van der Waals surface area contributed by atoms with E-state index in [2.05, 4.69) is 26.8 Å². The van der Waals surface area contributed by atoms with Crippen molar-refractivity contribution in [3.8, 4) is 5.75 Å². The van der Waals surface area contributed by atoms with E-state index in [-0.39, 0.29) is 11.7 Å². The Hall–Kier alpha value is -1.92. The van der Waals surface area contributed by atoms with E-state index in [1.807, 2.05) is 12.1 Å². The molecular formula is C18H24N4O2. The van der Waals surface area contributed by atoms with Gasteiger partial charge in [0.2, 0.25) is 0 Å². The normalized spacial score (nSPS) is 27.6. The van der Waals surface area contributed by atoms with E-state index in [1.165, 1.54) is 0 Å². The molecule has 4 rings (SSSR count). The highest BCUT2D eigenvalue weighted by Gasteiger charge is 2.44. The average molecular weight is 328 g/mol. The van der Waals surface area contributed by atoms with Gasteiger partial charge >= 0.3 is 0 Å². The van der Waals surface area contributed by atoms with E-state index in [0.717, 1.165) is 56.0 Å². The van der Waals surface area contributed by atoms with Crippen LogP contribution in [0, 0.1) is 6.92 Å². The maximum absolute atomic E-state index is 6.23. The molecule has 0 saturated carbocycles. The molecule has 128 valence electrons. The van der Waals surface area contributed by atoms with Gasteiger partial charge in [-0.15, -0.1) is 0 Å². The lowest BCUT2D eigenvalue weighted by molar-refractivity contribution is -0.0540. The van der Waals surface area contributed by atoms with Crippen molar-refractivity contribution in [1.82, 2.24) is 19.9 Å². The van der Waals surface area contributed by atoms with Crippen LogP contribution in [0.2, 0.25) is 0 Å². The summed E-state index contributed by atoms with van der Waals surface area (Å²) in [5.41, 5.74) is 2.21. The molecule has 2 aliphatic heterocycles. The maximum atomic E-state index is 6.23. The van der Waals surface area contributed by atoms with Crippen molar-refractivity contribution in [2.24, 2.45) is 0 Å². The number of ether oxygens (including phenoxy) is 2. The van der Waals surface area contributed by atoms with Gasteiger partial charge in [0.15, 0.2) is 0 Å². The summed E-state index contributed by atoms with van der Waals surface area (Å²) in [5, 5.41) is 0. The van der Waals surface area contributed by atoms with Crippen LogP contribution in [0.25, 0.3) is 0 Å². The first-order valence-corrected chi connectivity index (χ1v) is 8.64. The Morgan fingerprint density at radius 1 is 1.50 bits per heavy atom. The van der Waals surface area contributed by atoms with Gasteiger partial charge in [0.05, 0.1) is 30.4 Å². The Balaban J connectivity index is 1.38. The van der Waals surface area contributed by atoms with Gasteiger partial charge < -0.3 is 14.5 Å². The molecule has 24 heavy (non-hydrogen) atoms. The number of hydrogen-bond acceptors (Lipinski definition) is 5. The fourth-order valence-electron chi connectivity index (χ4n) is 3.86. The highest BCUT2D eigenvalue weighted by molar-refractivity contribution is 5.16. The quantitative estimate of drug-likeness (QED) is 0.933.